The smallest absolute Gasteiger partial charge is 0.326 e. The Kier molecular flexibility index (Phi) is 4.01. The van der Waals surface area contributed by atoms with E-state index in [9.17, 15) is 14.7 Å². The molecule has 0 spiro atoms. The molecule has 1 aromatic rings. The van der Waals surface area contributed by atoms with Crippen molar-refractivity contribution in [2.24, 2.45) is 0 Å². The van der Waals surface area contributed by atoms with Crippen LogP contribution in [0, 0.1) is 0 Å². The Hall–Kier alpha value is -1.67. The molecule has 1 aliphatic heterocycles. The summed E-state index contributed by atoms with van der Waals surface area (Å²) >= 11 is 3.22. The number of urea groups is 1. The highest BCUT2D eigenvalue weighted by Crippen LogP contribution is 2.20. The fourth-order valence-corrected chi connectivity index (χ4v) is 2.31. The van der Waals surface area contributed by atoms with Gasteiger partial charge in [-0.2, -0.15) is 0 Å². The fourth-order valence-electron chi connectivity index (χ4n) is 1.95. The molecule has 7 nitrogen and oxygen atoms in total. The zero-order valence-electron chi connectivity index (χ0n) is 9.78. The number of halogens is 1. The van der Waals surface area contributed by atoms with Crippen LogP contribution >= 0.6 is 15.9 Å². The predicted molar refractivity (Wildman–Crippen MR) is 69.7 cm³/mol. The monoisotopic (exact) mass is 329 g/mol. The van der Waals surface area contributed by atoms with E-state index >= 15 is 0 Å². The number of aliphatic hydroxyl groups excluding tert-OH is 1. The minimum Gasteiger partial charge on any atom is -0.480 e. The molecule has 102 valence electrons. The summed E-state index contributed by atoms with van der Waals surface area (Å²) in [5.41, 5.74) is 0.449. The Morgan fingerprint density at radius 3 is 2.84 bits per heavy atom. The van der Waals surface area contributed by atoms with E-state index in [-0.39, 0.29) is 13.0 Å². The Morgan fingerprint density at radius 1 is 1.47 bits per heavy atom. The molecule has 2 atom stereocenters. The van der Waals surface area contributed by atoms with Gasteiger partial charge in [0.1, 0.15) is 6.04 Å². The molecule has 0 aliphatic carbocycles. The molecule has 1 aromatic heterocycles. The van der Waals surface area contributed by atoms with Crippen LogP contribution in [0.15, 0.2) is 22.9 Å². The summed E-state index contributed by atoms with van der Waals surface area (Å²) in [5.74, 6) is -1.13. The van der Waals surface area contributed by atoms with Gasteiger partial charge in [-0.1, -0.05) is 0 Å². The van der Waals surface area contributed by atoms with Gasteiger partial charge in [-0.25, -0.2) is 9.59 Å². The van der Waals surface area contributed by atoms with Crippen LogP contribution in [0.4, 0.5) is 10.5 Å². The highest BCUT2D eigenvalue weighted by Gasteiger charge is 2.38. The first-order chi connectivity index (χ1) is 8.97. The number of likely N-dealkylation sites (tertiary alicyclic amines) is 1. The number of carbonyl (C=O) groups excluding carboxylic acids is 1. The molecule has 1 aliphatic rings. The molecule has 0 saturated carbocycles. The largest absolute Gasteiger partial charge is 0.480 e. The van der Waals surface area contributed by atoms with Crippen LogP contribution in [0.3, 0.4) is 0 Å². The van der Waals surface area contributed by atoms with E-state index in [2.05, 4.69) is 26.2 Å². The van der Waals surface area contributed by atoms with Crippen LogP contribution in [0.2, 0.25) is 0 Å². The number of carboxylic acids is 1. The summed E-state index contributed by atoms with van der Waals surface area (Å²) in [6, 6.07) is 0.0756. The van der Waals surface area contributed by atoms with Crippen LogP contribution in [-0.2, 0) is 4.79 Å². The summed E-state index contributed by atoms with van der Waals surface area (Å²) < 4.78 is 0.696. The molecule has 2 heterocycles. The average Bonchev–Trinajstić information content (AvgIpc) is 2.71. The van der Waals surface area contributed by atoms with Gasteiger partial charge in [0.15, 0.2) is 0 Å². The third kappa shape index (κ3) is 3.21. The summed E-state index contributed by atoms with van der Waals surface area (Å²) in [4.78, 5) is 28.0. The number of anilines is 1. The Balaban J connectivity index is 2.09. The van der Waals surface area contributed by atoms with Crippen molar-refractivity contribution in [2.75, 3.05) is 11.9 Å². The van der Waals surface area contributed by atoms with Crippen LogP contribution in [-0.4, -0.2) is 50.8 Å². The van der Waals surface area contributed by atoms with Crippen molar-refractivity contribution in [3.63, 3.8) is 0 Å². The van der Waals surface area contributed by atoms with Gasteiger partial charge in [-0.15, -0.1) is 0 Å². The normalized spacial score (nSPS) is 22.3. The second-order valence-corrected chi connectivity index (χ2v) is 5.13. The molecule has 0 radical (unpaired) electrons. The number of carbonyl (C=O) groups is 2. The fraction of sp³-hybridized carbons (Fsp3) is 0.364. The number of nitrogens with one attached hydrogen (secondary N) is 1. The SMILES string of the molecule is O=C(O)[C@H]1C[C@@H](O)CN1C(=O)Nc1cncc(Br)c1. The first kappa shape index (κ1) is 13.8. The summed E-state index contributed by atoms with van der Waals surface area (Å²) in [5, 5.41) is 21.0. The zero-order chi connectivity index (χ0) is 14.0. The van der Waals surface area contributed by atoms with E-state index in [0.717, 1.165) is 4.90 Å². The molecule has 0 aromatic carbocycles. The van der Waals surface area contributed by atoms with Crippen LogP contribution in [0.25, 0.3) is 0 Å². The lowest BCUT2D eigenvalue weighted by atomic mass is 10.2. The third-order valence-corrected chi connectivity index (χ3v) is 3.21. The zero-order valence-corrected chi connectivity index (χ0v) is 11.4. The number of aromatic nitrogens is 1. The van der Waals surface area contributed by atoms with Crippen molar-refractivity contribution in [2.45, 2.75) is 18.6 Å². The number of pyridine rings is 1. The Labute approximate surface area is 117 Å². The summed E-state index contributed by atoms with van der Waals surface area (Å²) in [7, 11) is 0. The summed E-state index contributed by atoms with van der Waals surface area (Å²) in [6.45, 7) is 0.00420. The lowest BCUT2D eigenvalue weighted by Gasteiger charge is -2.21. The molecule has 3 N–H and O–H groups in total. The quantitative estimate of drug-likeness (QED) is 0.747. The van der Waals surface area contributed by atoms with Gasteiger partial charge in [0.25, 0.3) is 0 Å². The maximum Gasteiger partial charge on any atom is 0.326 e. The van der Waals surface area contributed by atoms with Crippen molar-refractivity contribution in [3.05, 3.63) is 22.9 Å². The molecule has 0 unspecified atom stereocenters. The highest BCUT2D eigenvalue weighted by atomic mass is 79.9. The Bertz CT molecular complexity index is 510. The van der Waals surface area contributed by atoms with Gasteiger partial charge in [-0.05, 0) is 22.0 Å². The van der Waals surface area contributed by atoms with Crippen molar-refractivity contribution >= 4 is 33.6 Å². The molecular formula is C11H12BrN3O4. The number of β-amino-alcohol motifs (C(OH)–C–C–N with tert-alkyl or cyclic N) is 1. The number of aliphatic hydroxyl groups is 1. The lowest BCUT2D eigenvalue weighted by Crippen LogP contribution is -2.43. The van der Waals surface area contributed by atoms with Crippen molar-refractivity contribution in [3.8, 4) is 0 Å². The van der Waals surface area contributed by atoms with Crippen LogP contribution in [0.5, 0.6) is 0 Å². The molecule has 19 heavy (non-hydrogen) atoms. The first-order valence-electron chi connectivity index (χ1n) is 5.56. The van der Waals surface area contributed by atoms with Gasteiger partial charge >= 0.3 is 12.0 Å². The summed E-state index contributed by atoms with van der Waals surface area (Å²) in [6.07, 6.45) is 2.24. The number of nitrogens with zero attached hydrogens (tertiary/aromatic N) is 2. The van der Waals surface area contributed by atoms with E-state index in [1.54, 1.807) is 12.3 Å². The minimum atomic E-state index is -1.13. The number of amides is 2. The Morgan fingerprint density at radius 2 is 2.21 bits per heavy atom. The van der Waals surface area contributed by atoms with Crippen molar-refractivity contribution in [1.29, 1.82) is 0 Å². The van der Waals surface area contributed by atoms with E-state index in [0.29, 0.717) is 10.2 Å². The standard InChI is InChI=1S/C11H12BrN3O4/c12-6-1-7(4-13-3-6)14-11(19)15-5-8(16)2-9(15)10(17)18/h1,3-4,8-9,16H,2,5H2,(H,14,19)(H,17,18)/t8-,9-/m1/s1. The average molecular weight is 330 g/mol. The van der Waals surface area contributed by atoms with E-state index in [4.69, 9.17) is 5.11 Å². The molecule has 0 bridgehead atoms. The second-order valence-electron chi connectivity index (χ2n) is 4.22. The topological polar surface area (TPSA) is 103 Å². The number of hydrogen-bond donors (Lipinski definition) is 3. The van der Waals surface area contributed by atoms with E-state index < -0.39 is 24.1 Å². The molecule has 2 rings (SSSR count). The number of rotatable bonds is 2. The third-order valence-electron chi connectivity index (χ3n) is 2.78. The maximum atomic E-state index is 12.0. The highest BCUT2D eigenvalue weighted by molar-refractivity contribution is 9.10. The second kappa shape index (κ2) is 5.54. The number of hydrogen-bond acceptors (Lipinski definition) is 4. The van der Waals surface area contributed by atoms with E-state index in [1.807, 2.05) is 0 Å². The number of aliphatic carboxylic acids is 1. The minimum absolute atomic E-state index is 0.00420. The first-order valence-corrected chi connectivity index (χ1v) is 6.35. The van der Waals surface area contributed by atoms with Gasteiger partial charge in [0, 0.05) is 23.6 Å². The van der Waals surface area contributed by atoms with Gasteiger partial charge in [0.05, 0.1) is 18.0 Å². The van der Waals surface area contributed by atoms with Crippen molar-refractivity contribution in [1.82, 2.24) is 9.88 Å². The molecular weight excluding hydrogens is 318 g/mol. The molecule has 1 fully saturated rings. The van der Waals surface area contributed by atoms with Crippen LogP contribution < -0.4 is 5.32 Å². The van der Waals surface area contributed by atoms with Gasteiger partial charge in [-0.3, -0.25) is 4.98 Å². The van der Waals surface area contributed by atoms with Gasteiger partial charge in [0.2, 0.25) is 0 Å². The lowest BCUT2D eigenvalue weighted by molar-refractivity contribution is -0.141. The molecule has 1 saturated heterocycles. The molecule has 2 amide bonds. The molecule has 8 heteroatoms. The van der Waals surface area contributed by atoms with Crippen molar-refractivity contribution < 1.29 is 19.8 Å². The number of carboxylic acid groups (broad SMARTS) is 1. The predicted octanol–water partition coefficient (Wildman–Crippen LogP) is 0.896. The van der Waals surface area contributed by atoms with E-state index in [1.165, 1.54) is 6.20 Å². The maximum absolute atomic E-state index is 12.0. The van der Waals surface area contributed by atoms with Crippen LogP contribution in [0.1, 0.15) is 6.42 Å². The van der Waals surface area contributed by atoms with Gasteiger partial charge < -0.3 is 20.4 Å².